The molecule has 1 aliphatic rings. The van der Waals surface area contributed by atoms with Gasteiger partial charge in [0.05, 0.1) is 5.60 Å². The van der Waals surface area contributed by atoms with E-state index in [4.69, 9.17) is 0 Å². The molecule has 0 aromatic carbocycles. The Bertz CT molecular complexity index is 229. The van der Waals surface area contributed by atoms with Gasteiger partial charge in [0.2, 0.25) is 0 Å². The number of nitrogens with zero attached hydrogens (tertiary/aromatic N) is 1. The number of nitrogens with one attached hydrogen (secondary N) is 1. The fourth-order valence-electron chi connectivity index (χ4n) is 2.82. The van der Waals surface area contributed by atoms with Crippen LogP contribution >= 0.6 is 0 Å². The first-order valence-corrected chi connectivity index (χ1v) is 7.64. The molecule has 1 fully saturated rings. The highest BCUT2D eigenvalue weighted by molar-refractivity contribution is 4.85. The van der Waals surface area contributed by atoms with Crippen LogP contribution in [0, 0.1) is 0 Å². The zero-order chi connectivity index (χ0) is 13.6. The van der Waals surface area contributed by atoms with E-state index < -0.39 is 5.60 Å². The Hall–Kier alpha value is -0.120. The van der Waals surface area contributed by atoms with Crippen molar-refractivity contribution in [3.05, 3.63) is 0 Å². The van der Waals surface area contributed by atoms with Crippen LogP contribution in [0.1, 0.15) is 59.8 Å². The Morgan fingerprint density at radius 3 is 2.67 bits per heavy atom. The van der Waals surface area contributed by atoms with Gasteiger partial charge in [0, 0.05) is 25.2 Å². The van der Waals surface area contributed by atoms with E-state index in [2.05, 4.69) is 31.0 Å². The van der Waals surface area contributed by atoms with E-state index in [9.17, 15) is 5.11 Å². The van der Waals surface area contributed by atoms with Crippen LogP contribution in [0.3, 0.4) is 0 Å². The highest BCUT2D eigenvalue weighted by Crippen LogP contribution is 2.21. The van der Waals surface area contributed by atoms with Crippen LogP contribution in [0.15, 0.2) is 0 Å². The van der Waals surface area contributed by atoms with Gasteiger partial charge in [-0.1, -0.05) is 33.6 Å². The Morgan fingerprint density at radius 2 is 2.06 bits per heavy atom. The summed E-state index contributed by atoms with van der Waals surface area (Å²) in [6.07, 6.45) is 6.48. The summed E-state index contributed by atoms with van der Waals surface area (Å²) in [6.45, 7) is 11.1. The van der Waals surface area contributed by atoms with Crippen molar-refractivity contribution in [2.45, 2.75) is 77.5 Å². The molecule has 3 heteroatoms. The van der Waals surface area contributed by atoms with E-state index >= 15 is 0 Å². The largest absolute Gasteiger partial charge is 0.388 e. The number of hydrogen-bond donors (Lipinski definition) is 2. The summed E-state index contributed by atoms with van der Waals surface area (Å²) in [4.78, 5) is 2.51. The SMILES string of the molecule is CCC1CCCCCN1CC(C)(O)CNC(C)C. The molecular formula is C15H32N2O. The minimum Gasteiger partial charge on any atom is -0.388 e. The van der Waals surface area contributed by atoms with Gasteiger partial charge >= 0.3 is 0 Å². The maximum absolute atomic E-state index is 10.5. The second-order valence-electron chi connectivity index (χ2n) is 6.41. The normalized spacial score (nSPS) is 26.0. The van der Waals surface area contributed by atoms with Crippen LogP contribution in [0.25, 0.3) is 0 Å². The molecule has 0 amide bonds. The molecule has 1 saturated heterocycles. The average Bonchev–Trinajstić information content (AvgIpc) is 2.51. The van der Waals surface area contributed by atoms with Gasteiger partial charge in [-0.15, -0.1) is 0 Å². The van der Waals surface area contributed by atoms with Crippen molar-refractivity contribution in [3.8, 4) is 0 Å². The average molecular weight is 256 g/mol. The van der Waals surface area contributed by atoms with Crippen LogP contribution in [-0.4, -0.2) is 47.3 Å². The fraction of sp³-hybridized carbons (Fsp3) is 1.00. The third-order valence-corrected chi connectivity index (χ3v) is 3.91. The van der Waals surface area contributed by atoms with E-state index in [0.717, 1.165) is 13.1 Å². The summed E-state index contributed by atoms with van der Waals surface area (Å²) in [7, 11) is 0. The monoisotopic (exact) mass is 256 g/mol. The molecule has 108 valence electrons. The molecule has 2 N–H and O–H groups in total. The van der Waals surface area contributed by atoms with E-state index in [1.165, 1.54) is 32.1 Å². The molecule has 3 nitrogen and oxygen atoms in total. The molecule has 1 rings (SSSR count). The van der Waals surface area contributed by atoms with Gasteiger partial charge < -0.3 is 10.4 Å². The summed E-state index contributed by atoms with van der Waals surface area (Å²) < 4.78 is 0. The van der Waals surface area contributed by atoms with Gasteiger partial charge in [-0.05, 0) is 32.7 Å². The lowest BCUT2D eigenvalue weighted by Gasteiger charge is -2.36. The molecule has 2 unspecified atom stereocenters. The topological polar surface area (TPSA) is 35.5 Å². The van der Waals surface area contributed by atoms with E-state index in [-0.39, 0.29) is 0 Å². The summed E-state index contributed by atoms with van der Waals surface area (Å²) >= 11 is 0. The van der Waals surface area contributed by atoms with Crippen molar-refractivity contribution in [1.29, 1.82) is 0 Å². The number of likely N-dealkylation sites (tertiary alicyclic amines) is 1. The predicted molar refractivity (Wildman–Crippen MR) is 77.9 cm³/mol. The molecule has 2 atom stereocenters. The lowest BCUT2D eigenvalue weighted by atomic mass is 10.0. The van der Waals surface area contributed by atoms with Crippen LogP contribution in [0.2, 0.25) is 0 Å². The van der Waals surface area contributed by atoms with Crippen molar-refractivity contribution in [3.63, 3.8) is 0 Å². The van der Waals surface area contributed by atoms with Crippen LogP contribution < -0.4 is 5.32 Å². The molecule has 1 heterocycles. The molecule has 0 aromatic heterocycles. The van der Waals surface area contributed by atoms with Gasteiger partial charge in [0.25, 0.3) is 0 Å². The molecule has 0 saturated carbocycles. The summed E-state index contributed by atoms with van der Waals surface area (Å²) in [5.74, 6) is 0. The Balaban J connectivity index is 2.50. The number of aliphatic hydroxyl groups is 1. The third kappa shape index (κ3) is 5.68. The second-order valence-corrected chi connectivity index (χ2v) is 6.41. The maximum Gasteiger partial charge on any atom is 0.0869 e. The first-order valence-electron chi connectivity index (χ1n) is 7.64. The number of hydrogen-bond acceptors (Lipinski definition) is 3. The van der Waals surface area contributed by atoms with E-state index in [1.54, 1.807) is 0 Å². The third-order valence-electron chi connectivity index (χ3n) is 3.91. The standard InChI is InChI=1S/C15H32N2O/c1-5-14-9-7-6-8-10-17(14)12-15(4,18)11-16-13(2)3/h13-14,16,18H,5-12H2,1-4H3. The van der Waals surface area contributed by atoms with Crippen molar-refractivity contribution < 1.29 is 5.11 Å². The fourth-order valence-corrected chi connectivity index (χ4v) is 2.82. The maximum atomic E-state index is 10.5. The van der Waals surface area contributed by atoms with Crippen LogP contribution in [-0.2, 0) is 0 Å². The summed E-state index contributed by atoms with van der Waals surface area (Å²) in [5.41, 5.74) is -0.623. The minimum atomic E-state index is -0.623. The van der Waals surface area contributed by atoms with Gasteiger partial charge in [-0.3, -0.25) is 4.90 Å². The quantitative estimate of drug-likeness (QED) is 0.766. The lowest BCUT2D eigenvalue weighted by Crippen LogP contribution is -2.51. The smallest absolute Gasteiger partial charge is 0.0869 e. The van der Waals surface area contributed by atoms with Crippen molar-refractivity contribution in [2.24, 2.45) is 0 Å². The highest BCUT2D eigenvalue weighted by atomic mass is 16.3. The molecule has 0 aromatic rings. The first-order chi connectivity index (χ1) is 8.44. The van der Waals surface area contributed by atoms with Gasteiger partial charge in [-0.25, -0.2) is 0 Å². The zero-order valence-electron chi connectivity index (χ0n) is 12.7. The van der Waals surface area contributed by atoms with Gasteiger partial charge in [0.15, 0.2) is 0 Å². The first kappa shape index (κ1) is 15.9. The predicted octanol–water partition coefficient (Wildman–Crippen LogP) is 2.39. The summed E-state index contributed by atoms with van der Waals surface area (Å²) in [6, 6.07) is 1.10. The Labute approximate surface area is 113 Å². The van der Waals surface area contributed by atoms with E-state index in [1.807, 2.05) is 6.92 Å². The minimum absolute atomic E-state index is 0.433. The number of rotatable bonds is 6. The lowest BCUT2D eigenvalue weighted by molar-refractivity contribution is 0.00533. The highest BCUT2D eigenvalue weighted by Gasteiger charge is 2.28. The van der Waals surface area contributed by atoms with Gasteiger partial charge in [-0.2, -0.15) is 0 Å². The number of β-amino-alcohol motifs (C(OH)–C–C–N with tert-alkyl or cyclic N) is 1. The molecule has 1 aliphatic heterocycles. The van der Waals surface area contributed by atoms with Crippen molar-refractivity contribution in [1.82, 2.24) is 10.2 Å². The molecule has 0 aliphatic carbocycles. The molecule has 0 bridgehead atoms. The van der Waals surface area contributed by atoms with E-state index in [0.29, 0.717) is 18.6 Å². The van der Waals surface area contributed by atoms with Crippen LogP contribution in [0.4, 0.5) is 0 Å². The molecule has 0 radical (unpaired) electrons. The molecular weight excluding hydrogens is 224 g/mol. The molecule has 0 spiro atoms. The zero-order valence-corrected chi connectivity index (χ0v) is 12.7. The Morgan fingerprint density at radius 1 is 1.33 bits per heavy atom. The summed E-state index contributed by atoms with van der Waals surface area (Å²) in [5, 5.41) is 13.9. The second kappa shape index (κ2) is 7.46. The van der Waals surface area contributed by atoms with Crippen molar-refractivity contribution in [2.75, 3.05) is 19.6 Å². The van der Waals surface area contributed by atoms with Crippen molar-refractivity contribution >= 4 is 0 Å². The van der Waals surface area contributed by atoms with Gasteiger partial charge in [0.1, 0.15) is 0 Å². The molecule has 18 heavy (non-hydrogen) atoms. The van der Waals surface area contributed by atoms with Crippen LogP contribution in [0.5, 0.6) is 0 Å². The Kier molecular flexibility index (Phi) is 6.61.